The number of hydrogen-bond acceptors (Lipinski definition) is 3. The molecular weight excluding hydrogens is 337 g/mol. The Hall–Kier alpha value is -1.40. The van der Waals surface area contributed by atoms with Crippen LogP contribution in [0.25, 0.3) is 0 Å². The van der Waals surface area contributed by atoms with Crippen LogP contribution in [0.5, 0.6) is 5.75 Å². The third kappa shape index (κ3) is 3.27. The van der Waals surface area contributed by atoms with Gasteiger partial charge >= 0.3 is 0 Å². The van der Waals surface area contributed by atoms with Crippen molar-refractivity contribution in [1.82, 2.24) is 15.1 Å². The number of hydrogen-bond donors (Lipinski definition) is 1. The Morgan fingerprint density at radius 1 is 1.43 bits per heavy atom. The summed E-state index contributed by atoms with van der Waals surface area (Å²) in [4.78, 5) is 0. The predicted octanol–water partition coefficient (Wildman–Crippen LogP) is 3.51. The van der Waals surface area contributed by atoms with Gasteiger partial charge in [-0.05, 0) is 31.7 Å². The summed E-state index contributed by atoms with van der Waals surface area (Å²) < 4.78 is 22.3. The standard InChI is InChI=1S/C15H19BrFN3O/c1-4-18-14(11-8-10(16)6-7-12(11)17)15-13(21-3)9-19-20(15)5-2/h6-9,14,18H,4-5H2,1-3H3. The van der Waals surface area contributed by atoms with Crippen molar-refractivity contribution in [2.75, 3.05) is 13.7 Å². The van der Waals surface area contributed by atoms with E-state index in [1.54, 1.807) is 25.4 Å². The number of halogens is 2. The van der Waals surface area contributed by atoms with Crippen molar-refractivity contribution in [3.63, 3.8) is 0 Å². The maximum absolute atomic E-state index is 14.3. The summed E-state index contributed by atoms with van der Waals surface area (Å²) in [6, 6.07) is 4.62. The molecule has 2 aromatic rings. The van der Waals surface area contributed by atoms with Gasteiger partial charge in [0.1, 0.15) is 11.5 Å². The number of rotatable bonds is 6. The maximum atomic E-state index is 14.3. The van der Waals surface area contributed by atoms with Crippen molar-refractivity contribution in [1.29, 1.82) is 0 Å². The largest absolute Gasteiger partial charge is 0.493 e. The van der Waals surface area contributed by atoms with Crippen LogP contribution in [0.2, 0.25) is 0 Å². The number of methoxy groups -OCH3 is 1. The van der Waals surface area contributed by atoms with E-state index in [9.17, 15) is 4.39 Å². The summed E-state index contributed by atoms with van der Waals surface area (Å²) in [5.74, 6) is 0.400. The Morgan fingerprint density at radius 2 is 2.19 bits per heavy atom. The van der Waals surface area contributed by atoms with E-state index in [0.717, 1.165) is 10.2 Å². The number of aryl methyl sites for hydroxylation is 1. The number of benzene rings is 1. The lowest BCUT2D eigenvalue weighted by molar-refractivity contribution is 0.398. The number of aromatic nitrogens is 2. The first kappa shape index (κ1) is 16.0. The average molecular weight is 356 g/mol. The molecule has 6 heteroatoms. The minimum absolute atomic E-state index is 0.255. The minimum Gasteiger partial charge on any atom is -0.493 e. The van der Waals surface area contributed by atoms with Crippen LogP contribution in [0.4, 0.5) is 4.39 Å². The first-order valence-electron chi connectivity index (χ1n) is 6.90. The van der Waals surface area contributed by atoms with E-state index in [-0.39, 0.29) is 11.9 Å². The van der Waals surface area contributed by atoms with Crippen molar-refractivity contribution in [3.05, 3.63) is 45.9 Å². The lowest BCUT2D eigenvalue weighted by atomic mass is 10.0. The second kappa shape index (κ2) is 7.04. The molecule has 0 amide bonds. The maximum Gasteiger partial charge on any atom is 0.161 e. The van der Waals surface area contributed by atoms with E-state index >= 15 is 0 Å². The molecule has 1 aromatic carbocycles. The molecule has 0 spiro atoms. The molecule has 1 atom stereocenters. The molecule has 1 heterocycles. The zero-order chi connectivity index (χ0) is 15.4. The SMILES string of the molecule is CCNC(c1cc(Br)ccc1F)c1c(OC)cnn1CC. The highest BCUT2D eigenvalue weighted by Gasteiger charge is 2.25. The number of nitrogens with zero attached hydrogens (tertiary/aromatic N) is 2. The normalized spacial score (nSPS) is 12.4. The quantitative estimate of drug-likeness (QED) is 0.861. The number of nitrogens with one attached hydrogen (secondary N) is 1. The van der Waals surface area contributed by atoms with Gasteiger partial charge in [0.2, 0.25) is 0 Å². The Bertz CT molecular complexity index is 593. The Labute approximate surface area is 132 Å². The highest BCUT2D eigenvalue weighted by molar-refractivity contribution is 9.10. The van der Waals surface area contributed by atoms with Crippen LogP contribution >= 0.6 is 15.9 Å². The first-order valence-corrected chi connectivity index (χ1v) is 7.69. The third-order valence-corrected chi connectivity index (χ3v) is 3.81. The number of ether oxygens (including phenoxy) is 1. The Morgan fingerprint density at radius 3 is 2.81 bits per heavy atom. The molecule has 0 saturated carbocycles. The average Bonchev–Trinajstić information content (AvgIpc) is 2.90. The van der Waals surface area contributed by atoms with Crippen molar-refractivity contribution in [2.45, 2.75) is 26.4 Å². The van der Waals surface area contributed by atoms with Crippen LogP contribution in [0.3, 0.4) is 0 Å². The van der Waals surface area contributed by atoms with E-state index in [2.05, 4.69) is 26.3 Å². The molecule has 1 unspecified atom stereocenters. The lowest BCUT2D eigenvalue weighted by Crippen LogP contribution is -2.26. The van der Waals surface area contributed by atoms with Gasteiger partial charge in [-0.1, -0.05) is 22.9 Å². The van der Waals surface area contributed by atoms with Gasteiger partial charge < -0.3 is 10.1 Å². The highest BCUT2D eigenvalue weighted by atomic mass is 79.9. The first-order chi connectivity index (χ1) is 10.1. The van der Waals surface area contributed by atoms with E-state index in [4.69, 9.17) is 4.74 Å². The second-order valence-corrected chi connectivity index (χ2v) is 5.49. The van der Waals surface area contributed by atoms with E-state index in [0.29, 0.717) is 24.4 Å². The fourth-order valence-electron chi connectivity index (χ4n) is 2.37. The molecule has 0 bridgehead atoms. The van der Waals surface area contributed by atoms with Gasteiger partial charge in [0, 0.05) is 16.6 Å². The van der Waals surface area contributed by atoms with Crippen molar-refractivity contribution in [2.24, 2.45) is 0 Å². The van der Waals surface area contributed by atoms with Crippen LogP contribution in [0.15, 0.2) is 28.9 Å². The molecule has 1 aromatic heterocycles. The van der Waals surface area contributed by atoms with Crippen molar-refractivity contribution >= 4 is 15.9 Å². The molecule has 0 fully saturated rings. The van der Waals surface area contributed by atoms with Crippen LogP contribution in [0.1, 0.15) is 31.1 Å². The predicted molar refractivity (Wildman–Crippen MR) is 84.1 cm³/mol. The fourth-order valence-corrected chi connectivity index (χ4v) is 2.75. The van der Waals surface area contributed by atoms with Crippen molar-refractivity contribution < 1.29 is 9.13 Å². The van der Waals surface area contributed by atoms with E-state index in [1.165, 1.54) is 6.07 Å². The van der Waals surface area contributed by atoms with Gasteiger partial charge in [0.25, 0.3) is 0 Å². The van der Waals surface area contributed by atoms with Gasteiger partial charge in [0.15, 0.2) is 5.75 Å². The zero-order valence-electron chi connectivity index (χ0n) is 12.4. The Balaban J connectivity index is 2.58. The van der Waals surface area contributed by atoms with Gasteiger partial charge in [-0.25, -0.2) is 4.39 Å². The molecule has 21 heavy (non-hydrogen) atoms. The van der Waals surface area contributed by atoms with Crippen LogP contribution in [-0.4, -0.2) is 23.4 Å². The molecule has 0 saturated heterocycles. The van der Waals surface area contributed by atoms with E-state index in [1.807, 2.05) is 18.5 Å². The molecule has 4 nitrogen and oxygen atoms in total. The topological polar surface area (TPSA) is 39.1 Å². The van der Waals surface area contributed by atoms with Crippen molar-refractivity contribution in [3.8, 4) is 5.75 Å². The summed E-state index contributed by atoms with van der Waals surface area (Å²) in [6.45, 7) is 5.38. The van der Waals surface area contributed by atoms with Gasteiger partial charge in [-0.3, -0.25) is 4.68 Å². The summed E-state index contributed by atoms with van der Waals surface area (Å²) in [5, 5.41) is 7.62. The monoisotopic (exact) mass is 355 g/mol. The molecule has 0 aliphatic rings. The minimum atomic E-state index is -0.315. The molecular formula is C15H19BrFN3O. The van der Waals surface area contributed by atoms with Crippen LogP contribution in [-0.2, 0) is 6.54 Å². The molecule has 0 aliphatic carbocycles. The van der Waals surface area contributed by atoms with Crippen LogP contribution in [0, 0.1) is 5.82 Å². The summed E-state index contributed by atoms with van der Waals surface area (Å²) in [7, 11) is 1.60. The van der Waals surface area contributed by atoms with E-state index < -0.39 is 0 Å². The Kier molecular flexibility index (Phi) is 5.36. The van der Waals surface area contributed by atoms with Gasteiger partial charge in [-0.15, -0.1) is 0 Å². The summed E-state index contributed by atoms with van der Waals surface area (Å²) in [6.07, 6.45) is 1.67. The second-order valence-electron chi connectivity index (χ2n) is 4.57. The highest BCUT2D eigenvalue weighted by Crippen LogP contribution is 2.32. The smallest absolute Gasteiger partial charge is 0.161 e. The third-order valence-electron chi connectivity index (χ3n) is 3.32. The molecule has 1 N–H and O–H groups in total. The zero-order valence-corrected chi connectivity index (χ0v) is 13.9. The fraction of sp³-hybridized carbons (Fsp3) is 0.400. The molecule has 2 rings (SSSR count). The van der Waals surface area contributed by atoms with Gasteiger partial charge in [-0.2, -0.15) is 5.10 Å². The summed E-state index contributed by atoms with van der Waals surface area (Å²) >= 11 is 3.40. The summed E-state index contributed by atoms with van der Waals surface area (Å²) in [5.41, 5.74) is 1.40. The molecule has 114 valence electrons. The molecule has 0 radical (unpaired) electrons. The van der Waals surface area contributed by atoms with Crippen LogP contribution < -0.4 is 10.1 Å². The van der Waals surface area contributed by atoms with Gasteiger partial charge in [0.05, 0.1) is 19.3 Å². The lowest BCUT2D eigenvalue weighted by Gasteiger charge is -2.21. The molecule has 0 aliphatic heterocycles.